The molecular weight excluding hydrogens is 262 g/mol. The first-order valence-corrected chi connectivity index (χ1v) is 7.07. The Kier molecular flexibility index (Phi) is 4.76. The van der Waals surface area contributed by atoms with E-state index in [0.717, 1.165) is 11.1 Å². The molecule has 1 amide bonds. The molecule has 1 N–H and O–H groups in total. The molecule has 3 heteroatoms. The third-order valence-corrected chi connectivity index (χ3v) is 3.79. The number of nitrogens with zero attached hydrogens (tertiary/aromatic N) is 1. The number of aliphatic hydroxyl groups excluding tert-OH is 1. The molecule has 2 aromatic rings. The minimum atomic E-state index is -0.704. The van der Waals surface area contributed by atoms with Crippen molar-refractivity contribution in [2.45, 2.75) is 26.0 Å². The van der Waals surface area contributed by atoms with Gasteiger partial charge < -0.3 is 10.0 Å². The number of carbonyl (C=O) groups excluding carboxylic acids is 1. The largest absolute Gasteiger partial charge is 0.386 e. The topological polar surface area (TPSA) is 40.5 Å². The lowest BCUT2D eigenvalue weighted by molar-refractivity contribution is 0.0487. The van der Waals surface area contributed by atoms with Gasteiger partial charge in [-0.3, -0.25) is 4.79 Å². The first-order chi connectivity index (χ1) is 10.0. The Morgan fingerprint density at radius 3 is 2.38 bits per heavy atom. The molecule has 2 atom stereocenters. The van der Waals surface area contributed by atoms with Crippen molar-refractivity contribution in [3.05, 3.63) is 71.3 Å². The highest BCUT2D eigenvalue weighted by molar-refractivity contribution is 5.94. The zero-order valence-corrected chi connectivity index (χ0v) is 12.7. The molecular formula is C18H21NO2. The van der Waals surface area contributed by atoms with Gasteiger partial charge in [0, 0.05) is 12.6 Å². The first-order valence-electron chi connectivity index (χ1n) is 7.07. The number of carbonyl (C=O) groups is 1. The predicted molar refractivity (Wildman–Crippen MR) is 84.1 cm³/mol. The van der Waals surface area contributed by atoms with E-state index in [2.05, 4.69) is 0 Å². The van der Waals surface area contributed by atoms with E-state index in [1.165, 1.54) is 0 Å². The lowest BCUT2D eigenvalue weighted by atomic mass is 10.0. The van der Waals surface area contributed by atoms with Crippen LogP contribution < -0.4 is 0 Å². The summed E-state index contributed by atoms with van der Waals surface area (Å²) in [6, 6.07) is 16.6. The molecule has 0 radical (unpaired) electrons. The molecule has 0 aliphatic carbocycles. The average molecular weight is 283 g/mol. The minimum absolute atomic E-state index is 0.0822. The van der Waals surface area contributed by atoms with Crippen molar-refractivity contribution in [1.82, 2.24) is 4.90 Å². The molecule has 21 heavy (non-hydrogen) atoms. The Hall–Kier alpha value is -2.13. The molecule has 0 spiro atoms. The minimum Gasteiger partial charge on any atom is -0.386 e. The molecule has 2 rings (SSSR count). The number of benzene rings is 2. The molecule has 0 bridgehead atoms. The van der Waals surface area contributed by atoms with Gasteiger partial charge in [-0.2, -0.15) is 0 Å². The number of rotatable bonds is 4. The molecule has 0 heterocycles. The SMILES string of the molecule is Cc1cccc(C(=O)N(C)[C@H](C)[C@H](O)c2ccccc2)c1. The molecule has 0 saturated heterocycles. The average Bonchev–Trinajstić information content (AvgIpc) is 2.53. The van der Waals surface area contributed by atoms with Crippen LogP contribution in [0.25, 0.3) is 0 Å². The van der Waals surface area contributed by atoms with Gasteiger partial charge in [-0.1, -0.05) is 48.0 Å². The van der Waals surface area contributed by atoms with Gasteiger partial charge in [0.25, 0.3) is 5.91 Å². The van der Waals surface area contributed by atoms with E-state index in [9.17, 15) is 9.90 Å². The number of hydrogen-bond donors (Lipinski definition) is 1. The molecule has 110 valence electrons. The summed E-state index contributed by atoms with van der Waals surface area (Å²) < 4.78 is 0. The van der Waals surface area contributed by atoms with Gasteiger partial charge in [0.2, 0.25) is 0 Å². The first kappa shape index (κ1) is 15.3. The monoisotopic (exact) mass is 283 g/mol. The zero-order chi connectivity index (χ0) is 15.4. The van der Waals surface area contributed by atoms with Crippen LogP contribution in [0.4, 0.5) is 0 Å². The highest BCUT2D eigenvalue weighted by Crippen LogP contribution is 2.21. The van der Waals surface area contributed by atoms with Crippen molar-refractivity contribution in [1.29, 1.82) is 0 Å². The van der Waals surface area contributed by atoms with Crippen molar-refractivity contribution in [3.63, 3.8) is 0 Å². The quantitative estimate of drug-likeness (QED) is 0.936. The standard InChI is InChI=1S/C18H21NO2/c1-13-8-7-11-16(12-13)18(21)19(3)14(2)17(20)15-9-5-4-6-10-15/h4-12,14,17,20H,1-3H3/t14-,17+/m1/s1. The smallest absolute Gasteiger partial charge is 0.253 e. The van der Waals surface area contributed by atoms with Crippen LogP contribution in [0.15, 0.2) is 54.6 Å². The van der Waals surface area contributed by atoms with Crippen molar-refractivity contribution in [3.8, 4) is 0 Å². The van der Waals surface area contributed by atoms with Crippen molar-refractivity contribution >= 4 is 5.91 Å². The molecule has 0 fully saturated rings. The third-order valence-electron chi connectivity index (χ3n) is 3.79. The summed E-state index contributed by atoms with van der Waals surface area (Å²) in [5.41, 5.74) is 2.50. The second-order valence-electron chi connectivity index (χ2n) is 5.38. The fourth-order valence-electron chi connectivity index (χ4n) is 2.31. The molecule has 0 unspecified atom stereocenters. The molecule has 3 nitrogen and oxygen atoms in total. The maximum Gasteiger partial charge on any atom is 0.253 e. The van der Waals surface area contributed by atoms with E-state index in [4.69, 9.17) is 0 Å². The van der Waals surface area contributed by atoms with Gasteiger partial charge in [0.15, 0.2) is 0 Å². The Morgan fingerprint density at radius 2 is 1.76 bits per heavy atom. The summed E-state index contributed by atoms with van der Waals surface area (Å²) in [7, 11) is 1.72. The predicted octanol–water partition coefficient (Wildman–Crippen LogP) is 3.19. The van der Waals surface area contributed by atoms with Crippen molar-refractivity contribution in [2.75, 3.05) is 7.05 Å². The van der Waals surface area contributed by atoms with E-state index >= 15 is 0 Å². The van der Waals surface area contributed by atoms with Crippen LogP contribution >= 0.6 is 0 Å². The van der Waals surface area contributed by atoms with Gasteiger partial charge in [0.1, 0.15) is 0 Å². The normalized spacial score (nSPS) is 13.5. The van der Waals surface area contributed by atoms with Crippen molar-refractivity contribution in [2.24, 2.45) is 0 Å². The summed E-state index contributed by atoms with van der Waals surface area (Å²) in [5, 5.41) is 10.4. The van der Waals surface area contributed by atoms with Gasteiger partial charge in [0.05, 0.1) is 12.1 Å². The number of amides is 1. The maximum absolute atomic E-state index is 12.5. The summed E-state index contributed by atoms with van der Waals surface area (Å²) in [5.74, 6) is -0.0822. The highest BCUT2D eigenvalue weighted by atomic mass is 16.3. The number of aryl methyl sites for hydroxylation is 1. The van der Waals surface area contributed by atoms with Crippen LogP contribution in [0, 0.1) is 6.92 Å². The second kappa shape index (κ2) is 6.55. The summed E-state index contributed by atoms with van der Waals surface area (Å²) in [6.07, 6.45) is -0.704. The van der Waals surface area contributed by atoms with E-state index in [1.54, 1.807) is 18.0 Å². The summed E-state index contributed by atoms with van der Waals surface area (Å²) in [4.78, 5) is 14.1. The molecule has 0 aromatic heterocycles. The van der Waals surface area contributed by atoms with Gasteiger partial charge >= 0.3 is 0 Å². The molecule has 0 aliphatic rings. The Bertz CT molecular complexity index is 610. The lowest BCUT2D eigenvalue weighted by Crippen LogP contribution is -2.39. The zero-order valence-electron chi connectivity index (χ0n) is 12.7. The number of aliphatic hydroxyl groups is 1. The maximum atomic E-state index is 12.5. The van der Waals surface area contributed by atoms with E-state index in [-0.39, 0.29) is 11.9 Å². The summed E-state index contributed by atoms with van der Waals surface area (Å²) >= 11 is 0. The summed E-state index contributed by atoms with van der Waals surface area (Å²) in [6.45, 7) is 3.81. The van der Waals surface area contributed by atoms with E-state index in [1.807, 2.05) is 62.4 Å². The van der Waals surface area contributed by atoms with Crippen LogP contribution in [-0.4, -0.2) is 29.0 Å². The molecule has 0 saturated carbocycles. The van der Waals surface area contributed by atoms with Crippen LogP contribution in [-0.2, 0) is 0 Å². The second-order valence-corrected chi connectivity index (χ2v) is 5.38. The van der Waals surface area contributed by atoms with E-state index in [0.29, 0.717) is 5.56 Å². The van der Waals surface area contributed by atoms with E-state index < -0.39 is 6.10 Å². The number of likely N-dealkylation sites (N-methyl/N-ethyl adjacent to an activating group) is 1. The lowest BCUT2D eigenvalue weighted by Gasteiger charge is -2.29. The molecule has 0 aliphatic heterocycles. The highest BCUT2D eigenvalue weighted by Gasteiger charge is 2.24. The number of hydrogen-bond acceptors (Lipinski definition) is 2. The van der Waals surface area contributed by atoms with Gasteiger partial charge in [-0.05, 0) is 31.5 Å². The van der Waals surface area contributed by atoms with Crippen LogP contribution in [0.1, 0.15) is 34.5 Å². The Labute approximate surface area is 125 Å². The van der Waals surface area contributed by atoms with Gasteiger partial charge in [-0.15, -0.1) is 0 Å². The third kappa shape index (κ3) is 3.50. The Morgan fingerprint density at radius 1 is 1.10 bits per heavy atom. The van der Waals surface area contributed by atoms with Gasteiger partial charge in [-0.25, -0.2) is 0 Å². The fourth-order valence-corrected chi connectivity index (χ4v) is 2.31. The van der Waals surface area contributed by atoms with Crippen molar-refractivity contribution < 1.29 is 9.90 Å². The fraction of sp³-hybridized carbons (Fsp3) is 0.278. The molecule has 2 aromatic carbocycles. The van der Waals surface area contributed by atoms with Crippen LogP contribution in [0.2, 0.25) is 0 Å². The van der Waals surface area contributed by atoms with Crippen LogP contribution in [0.5, 0.6) is 0 Å². The Balaban J connectivity index is 2.15. The van der Waals surface area contributed by atoms with Crippen LogP contribution in [0.3, 0.4) is 0 Å².